The van der Waals surface area contributed by atoms with Gasteiger partial charge in [-0.25, -0.2) is 4.57 Å². The van der Waals surface area contributed by atoms with Crippen molar-refractivity contribution in [2.24, 2.45) is 0 Å². The molecule has 0 aliphatic carbocycles. The van der Waals surface area contributed by atoms with E-state index in [1.807, 2.05) is 6.07 Å². The molecule has 5 aromatic carbocycles. The molecule has 0 bridgehead atoms. The summed E-state index contributed by atoms with van der Waals surface area (Å²) in [7, 11) is 0. The van der Waals surface area contributed by atoms with Gasteiger partial charge in [0, 0.05) is 26.9 Å². The Bertz CT molecular complexity index is 2280. The number of fused-ring (bicyclic) bond motifs is 2. The number of carbonyl (C=O) groups is 1. The largest absolute Gasteiger partial charge is 0.481 e. The molecule has 7 rings (SSSR count). The Morgan fingerprint density at radius 2 is 1.29 bits per heavy atom. The minimum atomic E-state index is -4.43. The molecule has 9 heteroatoms. The molecule has 0 radical (unpaired) electrons. The fourth-order valence-electron chi connectivity index (χ4n) is 5.61. The number of benzene rings is 5. The van der Waals surface area contributed by atoms with E-state index >= 15 is 0 Å². The van der Waals surface area contributed by atoms with Crippen molar-refractivity contribution < 1.29 is 27.5 Å². The third-order valence-corrected chi connectivity index (χ3v) is 7.57. The van der Waals surface area contributed by atoms with E-state index in [1.165, 1.54) is 12.1 Å². The smallest absolute Gasteiger partial charge is 0.416 e. The van der Waals surface area contributed by atoms with Crippen LogP contribution in [0.15, 0.2) is 105 Å². The first kappa shape index (κ1) is 25.5. The van der Waals surface area contributed by atoms with Crippen molar-refractivity contribution in [3.8, 4) is 16.8 Å². The van der Waals surface area contributed by atoms with Crippen LogP contribution in [-0.4, -0.2) is 15.6 Å². The number of aliphatic carboxylic acids is 1. The summed E-state index contributed by atoms with van der Waals surface area (Å²) in [4.78, 5) is 38.4. The molecule has 2 heterocycles. The predicted octanol–water partition coefficient (Wildman–Crippen LogP) is 7.15. The third kappa shape index (κ3) is 3.93. The summed E-state index contributed by atoms with van der Waals surface area (Å²) < 4.78 is 46.4. The lowest BCUT2D eigenvalue weighted by atomic mass is 9.95. The Morgan fingerprint density at radius 1 is 0.690 bits per heavy atom. The quantitative estimate of drug-likeness (QED) is 0.181. The molecule has 0 aliphatic heterocycles. The maximum absolute atomic E-state index is 13.7. The normalized spacial score (nSPS) is 12.2. The number of hydrogen-bond donors (Lipinski definition) is 1. The van der Waals surface area contributed by atoms with E-state index in [1.54, 1.807) is 60.7 Å². The fourth-order valence-corrected chi connectivity index (χ4v) is 5.61. The van der Waals surface area contributed by atoms with Crippen LogP contribution in [0.3, 0.4) is 0 Å². The zero-order valence-corrected chi connectivity index (χ0v) is 21.5. The minimum Gasteiger partial charge on any atom is -0.481 e. The predicted molar refractivity (Wildman–Crippen MR) is 154 cm³/mol. The second kappa shape index (κ2) is 9.04. The van der Waals surface area contributed by atoms with Crippen LogP contribution in [0.1, 0.15) is 11.1 Å². The van der Waals surface area contributed by atoms with Crippen LogP contribution in [-0.2, 0) is 17.4 Å². The molecule has 0 fully saturated rings. The summed E-state index contributed by atoms with van der Waals surface area (Å²) >= 11 is 0. The van der Waals surface area contributed by atoms with Crippen LogP contribution in [0, 0.1) is 0 Å². The highest BCUT2D eigenvalue weighted by Gasteiger charge is 2.30. The number of hydrogen-bond acceptors (Lipinski definition) is 4. The molecule has 0 aliphatic rings. The van der Waals surface area contributed by atoms with Gasteiger partial charge in [0.1, 0.15) is 11.2 Å². The molecule has 0 unspecified atom stereocenters. The number of nitrogens with zero attached hydrogens (tertiary/aromatic N) is 1. The average molecular weight is 566 g/mol. The molecule has 0 saturated heterocycles. The summed E-state index contributed by atoms with van der Waals surface area (Å²) in [6, 6.07) is 23.2. The average Bonchev–Trinajstić information content (AvgIpc) is 2.97. The van der Waals surface area contributed by atoms with Crippen LogP contribution < -0.4 is 11.1 Å². The highest BCUT2D eigenvalue weighted by molar-refractivity contribution is 6.26. The van der Waals surface area contributed by atoms with Crippen LogP contribution in [0.2, 0.25) is 0 Å². The van der Waals surface area contributed by atoms with Crippen LogP contribution in [0.5, 0.6) is 0 Å². The number of carboxylic acid groups (broad SMARTS) is 1. The van der Waals surface area contributed by atoms with E-state index in [4.69, 9.17) is 9.52 Å². The van der Waals surface area contributed by atoms with E-state index in [0.717, 1.165) is 22.1 Å². The maximum atomic E-state index is 13.7. The van der Waals surface area contributed by atoms with Crippen molar-refractivity contribution >= 4 is 49.5 Å². The molecule has 0 amide bonds. The van der Waals surface area contributed by atoms with Gasteiger partial charge in [-0.3, -0.25) is 14.4 Å². The molecule has 206 valence electrons. The van der Waals surface area contributed by atoms with Gasteiger partial charge in [-0.2, -0.15) is 13.2 Å². The molecule has 42 heavy (non-hydrogen) atoms. The number of alkyl halides is 3. The van der Waals surface area contributed by atoms with Gasteiger partial charge in [0.15, 0.2) is 0 Å². The molecular weight excluding hydrogens is 547 g/mol. The van der Waals surface area contributed by atoms with Gasteiger partial charge in [0.2, 0.25) is 0 Å². The van der Waals surface area contributed by atoms with Crippen molar-refractivity contribution in [2.75, 3.05) is 0 Å². The Kier molecular flexibility index (Phi) is 5.49. The van der Waals surface area contributed by atoms with Gasteiger partial charge in [-0.05, 0) is 76.7 Å². The first-order valence-electron chi connectivity index (χ1n) is 12.9. The van der Waals surface area contributed by atoms with Crippen LogP contribution in [0.25, 0.3) is 60.3 Å². The molecule has 6 nitrogen and oxygen atoms in total. The number of carboxylic acids is 1. The van der Waals surface area contributed by atoms with Gasteiger partial charge in [-0.15, -0.1) is 0 Å². The third-order valence-electron chi connectivity index (χ3n) is 7.57. The van der Waals surface area contributed by atoms with E-state index in [9.17, 15) is 27.6 Å². The highest BCUT2D eigenvalue weighted by Crippen LogP contribution is 2.39. The Balaban J connectivity index is 1.44. The van der Waals surface area contributed by atoms with Crippen LogP contribution in [0.4, 0.5) is 13.2 Å². The number of rotatable bonds is 4. The van der Waals surface area contributed by atoms with Gasteiger partial charge in [-0.1, -0.05) is 36.4 Å². The summed E-state index contributed by atoms with van der Waals surface area (Å²) in [6.45, 7) is 0. The summed E-state index contributed by atoms with van der Waals surface area (Å²) in [5.41, 5.74) is 1.37. The molecule has 1 N–H and O–H groups in total. The Morgan fingerprint density at radius 3 is 1.93 bits per heavy atom. The zero-order chi connectivity index (χ0) is 29.3. The first-order chi connectivity index (χ1) is 20.1. The highest BCUT2D eigenvalue weighted by atomic mass is 19.4. The van der Waals surface area contributed by atoms with Crippen molar-refractivity contribution in [3.05, 3.63) is 123 Å². The van der Waals surface area contributed by atoms with Gasteiger partial charge < -0.3 is 9.52 Å². The zero-order valence-electron chi connectivity index (χ0n) is 21.5. The lowest BCUT2D eigenvalue weighted by Gasteiger charge is -2.15. The van der Waals surface area contributed by atoms with E-state index < -0.39 is 28.8 Å². The maximum Gasteiger partial charge on any atom is 0.416 e. The Hall–Kier alpha value is -5.44. The topological polar surface area (TPSA) is 89.5 Å². The Labute approximate surface area is 233 Å². The number of pyridine rings is 1. The first-order valence-corrected chi connectivity index (χ1v) is 12.9. The molecular formula is C33H18F3NO5. The van der Waals surface area contributed by atoms with E-state index in [2.05, 4.69) is 0 Å². The standard InChI is InChI=1S/C33H18F3NO5/c34-33(35,36)20-6-3-18(4-7-20)19-5-13-26-25(16-19)22-10-11-23-29-24(12-14-27(42-26)30(22)29)32(41)37(31(23)40)21-8-1-17(2-9-21)15-28(38)39/h1-14,16H,15H2,(H,38,39). The summed E-state index contributed by atoms with van der Waals surface area (Å²) in [5.74, 6) is -0.989. The van der Waals surface area contributed by atoms with E-state index in [0.29, 0.717) is 60.5 Å². The second-order valence-corrected chi connectivity index (χ2v) is 10.1. The fraction of sp³-hybridized carbons (Fsp3) is 0.0606. The summed E-state index contributed by atoms with van der Waals surface area (Å²) in [5, 5.41) is 12.1. The van der Waals surface area contributed by atoms with Gasteiger partial charge >= 0.3 is 12.1 Å². The molecule has 0 spiro atoms. The molecule has 7 aromatic rings. The van der Waals surface area contributed by atoms with Gasteiger partial charge in [0.25, 0.3) is 11.1 Å². The minimum absolute atomic E-state index is 0.183. The molecule has 0 atom stereocenters. The van der Waals surface area contributed by atoms with Crippen molar-refractivity contribution in [2.45, 2.75) is 12.6 Å². The summed E-state index contributed by atoms with van der Waals surface area (Å²) in [6.07, 6.45) is -4.62. The van der Waals surface area contributed by atoms with Crippen molar-refractivity contribution in [3.63, 3.8) is 0 Å². The second-order valence-electron chi connectivity index (χ2n) is 10.1. The molecule has 0 saturated carbocycles. The lowest BCUT2D eigenvalue weighted by Crippen LogP contribution is -2.31. The van der Waals surface area contributed by atoms with Crippen molar-refractivity contribution in [1.29, 1.82) is 0 Å². The molecule has 2 aromatic heterocycles. The number of aromatic nitrogens is 1. The van der Waals surface area contributed by atoms with Crippen LogP contribution >= 0.6 is 0 Å². The van der Waals surface area contributed by atoms with Crippen molar-refractivity contribution in [1.82, 2.24) is 4.57 Å². The monoisotopic (exact) mass is 565 g/mol. The number of halogens is 3. The SMILES string of the molecule is O=C(O)Cc1ccc(-n2c(=O)c3ccc4oc5ccc(-c6ccc(C(F)(F)F)cc6)cc5c5ccc(c2=O)c3c45)cc1. The van der Waals surface area contributed by atoms with Gasteiger partial charge in [0.05, 0.1) is 17.7 Å². The van der Waals surface area contributed by atoms with E-state index in [-0.39, 0.29) is 6.42 Å². The lowest BCUT2D eigenvalue weighted by molar-refractivity contribution is -0.138.